The first-order valence-electron chi connectivity index (χ1n) is 14.3. The number of benzene rings is 1. The molecule has 1 aromatic carbocycles. The highest BCUT2D eigenvalue weighted by Crippen LogP contribution is 2.65. The highest BCUT2D eigenvalue weighted by atomic mass is 16.7. The first-order chi connectivity index (χ1) is 18.7. The van der Waals surface area contributed by atoms with Gasteiger partial charge in [0.1, 0.15) is 11.3 Å². The van der Waals surface area contributed by atoms with Gasteiger partial charge in [0.25, 0.3) is 0 Å². The Bertz CT molecular complexity index is 1130. The van der Waals surface area contributed by atoms with Gasteiger partial charge in [-0.15, -0.1) is 0 Å². The smallest absolute Gasteiger partial charge is 0.482 e. The fourth-order valence-electron chi connectivity index (χ4n) is 6.61. The van der Waals surface area contributed by atoms with Crippen molar-refractivity contribution in [2.24, 2.45) is 22.7 Å². The van der Waals surface area contributed by atoms with Gasteiger partial charge in [0, 0.05) is 6.42 Å². The van der Waals surface area contributed by atoms with Gasteiger partial charge in [0.2, 0.25) is 12.7 Å². The number of carbonyl (C=O) groups excluding carboxylic acids is 3. The molecule has 1 heterocycles. The van der Waals surface area contributed by atoms with E-state index in [4.69, 9.17) is 23.5 Å². The standard InChI is InChI=1S/C30H44BNO8/c1-9-11-24(33)32-23(31-39-22-16-19-15-21(29(19,5)6)30(22,7)40-31)14-18-12-10-13-20(25(18)36-8)26(34)37-17-38-27(35)28(2,3)4/h10,12-13,19,21-23H,9,11,14-17H2,1-8H3,(H,32,33). The van der Waals surface area contributed by atoms with E-state index in [1.165, 1.54) is 7.11 Å². The molecule has 5 rings (SSSR count). The Hall–Kier alpha value is -2.59. The molecule has 1 saturated heterocycles. The SMILES string of the molecule is CCCC(=O)NC(Cc1cccc(C(=O)OCOC(=O)C(C)(C)C)c1OC)B1OC2CC3CC(C3(C)C)C2(C)O1. The van der Waals surface area contributed by atoms with Crippen molar-refractivity contribution in [3.05, 3.63) is 29.3 Å². The molecule has 1 aliphatic heterocycles. The molecule has 40 heavy (non-hydrogen) atoms. The lowest BCUT2D eigenvalue weighted by molar-refractivity contribution is -0.199. The minimum absolute atomic E-state index is 0.0288. The lowest BCUT2D eigenvalue weighted by atomic mass is 9.43. The number of methoxy groups -OCH3 is 1. The second-order valence-corrected chi connectivity index (χ2v) is 13.2. The molecule has 1 amide bonds. The maximum absolute atomic E-state index is 12.9. The van der Waals surface area contributed by atoms with Crippen LogP contribution in [-0.2, 0) is 34.8 Å². The third kappa shape index (κ3) is 5.75. The first kappa shape index (κ1) is 30.4. The molecule has 5 unspecified atom stereocenters. The zero-order chi connectivity index (χ0) is 29.5. The summed E-state index contributed by atoms with van der Waals surface area (Å²) in [6.07, 6.45) is 3.47. The number of nitrogens with one attached hydrogen (secondary N) is 1. The summed E-state index contributed by atoms with van der Waals surface area (Å²) in [5, 5.41) is 3.13. The summed E-state index contributed by atoms with van der Waals surface area (Å²) < 4.78 is 29.2. The molecule has 0 radical (unpaired) electrons. The Morgan fingerprint density at radius 3 is 2.50 bits per heavy atom. The molecule has 220 valence electrons. The maximum Gasteiger partial charge on any atom is 0.482 e. The molecule has 5 atom stereocenters. The van der Waals surface area contributed by atoms with Gasteiger partial charge in [0.05, 0.1) is 30.2 Å². The summed E-state index contributed by atoms with van der Waals surface area (Å²) >= 11 is 0. The second-order valence-electron chi connectivity index (χ2n) is 13.2. The van der Waals surface area contributed by atoms with Crippen molar-refractivity contribution in [1.82, 2.24) is 5.32 Å². The third-order valence-electron chi connectivity index (χ3n) is 9.07. The molecule has 4 fully saturated rings. The lowest BCUT2D eigenvalue weighted by Gasteiger charge is -2.64. The van der Waals surface area contributed by atoms with Crippen molar-refractivity contribution in [3.63, 3.8) is 0 Å². The van der Waals surface area contributed by atoms with E-state index >= 15 is 0 Å². The second kappa shape index (κ2) is 11.4. The van der Waals surface area contributed by atoms with Crippen LogP contribution < -0.4 is 10.1 Å². The van der Waals surface area contributed by atoms with Gasteiger partial charge in [-0.3, -0.25) is 9.59 Å². The normalized spacial score (nSPS) is 27.2. The van der Waals surface area contributed by atoms with Crippen molar-refractivity contribution in [2.45, 2.75) is 98.2 Å². The van der Waals surface area contributed by atoms with E-state index in [2.05, 4.69) is 26.1 Å². The van der Waals surface area contributed by atoms with Gasteiger partial charge in [-0.25, -0.2) is 4.79 Å². The van der Waals surface area contributed by atoms with Crippen LogP contribution in [0.3, 0.4) is 0 Å². The average Bonchev–Trinajstić information content (AvgIpc) is 3.24. The number of esters is 2. The van der Waals surface area contributed by atoms with Crippen LogP contribution in [0.4, 0.5) is 0 Å². The van der Waals surface area contributed by atoms with Crippen molar-refractivity contribution >= 4 is 25.0 Å². The van der Waals surface area contributed by atoms with E-state index in [9.17, 15) is 14.4 Å². The molecular weight excluding hydrogens is 513 g/mol. The molecule has 0 spiro atoms. The van der Waals surface area contributed by atoms with Crippen LogP contribution in [0, 0.1) is 22.7 Å². The van der Waals surface area contributed by atoms with E-state index < -0.39 is 42.8 Å². The molecule has 2 bridgehead atoms. The first-order valence-corrected chi connectivity index (χ1v) is 14.3. The number of ether oxygens (including phenoxy) is 3. The maximum atomic E-state index is 12.9. The van der Waals surface area contributed by atoms with Crippen LogP contribution in [0.2, 0.25) is 0 Å². The molecule has 1 aromatic rings. The lowest BCUT2D eigenvalue weighted by Crippen LogP contribution is -2.65. The van der Waals surface area contributed by atoms with Crippen molar-refractivity contribution in [3.8, 4) is 5.75 Å². The van der Waals surface area contributed by atoms with Crippen LogP contribution in [0.25, 0.3) is 0 Å². The highest BCUT2D eigenvalue weighted by molar-refractivity contribution is 6.48. The number of hydrogen-bond donors (Lipinski definition) is 1. The Balaban J connectivity index is 1.53. The van der Waals surface area contributed by atoms with E-state index in [-0.39, 0.29) is 23.0 Å². The Morgan fingerprint density at radius 2 is 1.88 bits per heavy atom. The van der Waals surface area contributed by atoms with E-state index in [0.717, 1.165) is 12.8 Å². The topological polar surface area (TPSA) is 109 Å². The van der Waals surface area contributed by atoms with Crippen LogP contribution >= 0.6 is 0 Å². The highest BCUT2D eigenvalue weighted by Gasteiger charge is 2.68. The number of rotatable bonds is 10. The third-order valence-corrected chi connectivity index (χ3v) is 9.07. The van der Waals surface area contributed by atoms with Gasteiger partial charge < -0.3 is 28.8 Å². The zero-order valence-electron chi connectivity index (χ0n) is 25.1. The van der Waals surface area contributed by atoms with Crippen LogP contribution in [-0.4, -0.2) is 56.5 Å². The number of hydrogen-bond acceptors (Lipinski definition) is 8. The van der Waals surface area contributed by atoms with Gasteiger partial charge in [-0.05, 0) is 82.3 Å². The van der Waals surface area contributed by atoms with Crippen molar-refractivity contribution in [1.29, 1.82) is 0 Å². The molecule has 10 heteroatoms. The number of amides is 1. The molecule has 3 aliphatic carbocycles. The van der Waals surface area contributed by atoms with E-state index in [1.807, 2.05) is 13.0 Å². The van der Waals surface area contributed by atoms with Crippen molar-refractivity contribution in [2.75, 3.05) is 13.9 Å². The van der Waals surface area contributed by atoms with E-state index in [1.54, 1.807) is 32.9 Å². The minimum Gasteiger partial charge on any atom is -0.496 e. The quantitative estimate of drug-likeness (QED) is 0.255. The molecular formula is C30H44BNO8. The fraction of sp³-hybridized carbons (Fsp3) is 0.700. The minimum atomic E-state index is -0.712. The van der Waals surface area contributed by atoms with Crippen LogP contribution in [0.15, 0.2) is 18.2 Å². The van der Waals surface area contributed by atoms with Crippen LogP contribution in [0.1, 0.15) is 90.1 Å². The summed E-state index contributed by atoms with van der Waals surface area (Å²) in [6.45, 7) is 13.4. The zero-order valence-corrected chi connectivity index (χ0v) is 25.1. The molecule has 0 aromatic heterocycles. The Morgan fingerprint density at radius 1 is 1.15 bits per heavy atom. The summed E-state index contributed by atoms with van der Waals surface area (Å²) in [5.41, 5.74) is -0.0409. The monoisotopic (exact) mass is 557 g/mol. The number of carbonyl (C=O) groups is 3. The van der Waals surface area contributed by atoms with E-state index in [0.29, 0.717) is 42.4 Å². The summed E-state index contributed by atoms with van der Waals surface area (Å²) in [5.74, 6) is -0.403. The summed E-state index contributed by atoms with van der Waals surface area (Å²) in [6, 6.07) is 5.17. The summed E-state index contributed by atoms with van der Waals surface area (Å²) in [7, 11) is 0.844. The average molecular weight is 557 g/mol. The van der Waals surface area contributed by atoms with Gasteiger partial charge in [-0.2, -0.15) is 0 Å². The Labute approximate surface area is 238 Å². The van der Waals surface area contributed by atoms with Gasteiger partial charge >= 0.3 is 19.1 Å². The molecule has 3 saturated carbocycles. The Kier molecular flexibility index (Phi) is 8.62. The molecule has 4 aliphatic rings. The van der Waals surface area contributed by atoms with Crippen LogP contribution in [0.5, 0.6) is 5.75 Å². The van der Waals surface area contributed by atoms with Crippen molar-refractivity contribution < 1.29 is 37.9 Å². The molecule has 1 N–H and O–H groups in total. The predicted molar refractivity (Wildman–Crippen MR) is 149 cm³/mol. The number of para-hydroxylation sites is 1. The summed E-state index contributed by atoms with van der Waals surface area (Å²) in [4.78, 5) is 37.7. The molecule has 9 nitrogen and oxygen atoms in total. The van der Waals surface area contributed by atoms with Gasteiger partial charge in [-0.1, -0.05) is 32.9 Å². The predicted octanol–water partition coefficient (Wildman–Crippen LogP) is 4.49. The fourth-order valence-corrected chi connectivity index (χ4v) is 6.61. The largest absolute Gasteiger partial charge is 0.496 e. The van der Waals surface area contributed by atoms with Gasteiger partial charge in [0.15, 0.2) is 0 Å².